The normalized spacial score (nSPS) is 19.9. The van der Waals surface area contributed by atoms with Crippen molar-refractivity contribution in [2.24, 2.45) is 0 Å². The van der Waals surface area contributed by atoms with Crippen molar-refractivity contribution >= 4 is 0 Å². The lowest BCUT2D eigenvalue weighted by molar-refractivity contribution is -0.139. The maximum absolute atomic E-state index is 12.4. The van der Waals surface area contributed by atoms with Gasteiger partial charge in [0.2, 0.25) is 0 Å². The molecule has 0 bridgehead atoms. The molecule has 0 fully saturated rings. The number of rotatable bonds is 4. The van der Waals surface area contributed by atoms with E-state index in [1.54, 1.807) is 26.2 Å². The van der Waals surface area contributed by atoms with Gasteiger partial charge in [0.1, 0.15) is 11.5 Å². The Morgan fingerprint density at radius 1 is 1.45 bits per heavy atom. The van der Waals surface area contributed by atoms with Gasteiger partial charge in [-0.05, 0) is 25.1 Å². The van der Waals surface area contributed by atoms with E-state index in [2.05, 4.69) is 5.32 Å². The van der Waals surface area contributed by atoms with Crippen LogP contribution in [-0.2, 0) is 0 Å². The number of methoxy groups -OCH3 is 1. The standard InChI is InChI=1S/C14H18F3NO2/c1-9(8-14(15,16)17)18-12-5-6-20-13-4-3-10(19-2)7-11(12)13/h3-4,7,9,12,18H,5-6,8H2,1-2H3. The Morgan fingerprint density at radius 2 is 2.20 bits per heavy atom. The molecular formula is C14H18F3NO2. The molecule has 3 nitrogen and oxygen atoms in total. The lowest BCUT2D eigenvalue weighted by atomic mass is 9.99. The maximum atomic E-state index is 12.4. The summed E-state index contributed by atoms with van der Waals surface area (Å²) in [5.41, 5.74) is 0.852. The minimum atomic E-state index is -4.16. The van der Waals surface area contributed by atoms with E-state index in [0.717, 1.165) is 5.56 Å². The molecule has 0 saturated heterocycles. The molecule has 0 saturated carbocycles. The highest BCUT2D eigenvalue weighted by atomic mass is 19.4. The largest absolute Gasteiger partial charge is 0.497 e. The van der Waals surface area contributed by atoms with Crippen molar-refractivity contribution < 1.29 is 22.6 Å². The Bertz CT molecular complexity index is 462. The molecular weight excluding hydrogens is 271 g/mol. The summed E-state index contributed by atoms with van der Waals surface area (Å²) in [5.74, 6) is 1.37. The van der Waals surface area contributed by atoms with Crippen molar-refractivity contribution in [1.82, 2.24) is 5.32 Å². The van der Waals surface area contributed by atoms with E-state index in [1.807, 2.05) is 6.07 Å². The van der Waals surface area contributed by atoms with Crippen LogP contribution in [0.4, 0.5) is 13.2 Å². The fourth-order valence-corrected chi connectivity index (χ4v) is 2.42. The molecule has 2 unspecified atom stereocenters. The van der Waals surface area contributed by atoms with Gasteiger partial charge in [-0.2, -0.15) is 13.2 Å². The number of fused-ring (bicyclic) bond motifs is 1. The van der Waals surface area contributed by atoms with E-state index < -0.39 is 18.6 Å². The fraction of sp³-hybridized carbons (Fsp3) is 0.571. The molecule has 20 heavy (non-hydrogen) atoms. The van der Waals surface area contributed by atoms with Crippen molar-refractivity contribution in [3.8, 4) is 11.5 Å². The molecule has 1 N–H and O–H groups in total. The first-order chi connectivity index (χ1) is 9.39. The zero-order chi connectivity index (χ0) is 14.8. The van der Waals surface area contributed by atoms with E-state index in [4.69, 9.17) is 9.47 Å². The van der Waals surface area contributed by atoms with Crippen LogP contribution in [0.5, 0.6) is 11.5 Å². The molecule has 2 rings (SSSR count). The Morgan fingerprint density at radius 3 is 2.85 bits per heavy atom. The van der Waals surface area contributed by atoms with Gasteiger partial charge >= 0.3 is 6.18 Å². The van der Waals surface area contributed by atoms with E-state index in [1.165, 1.54) is 0 Å². The molecule has 6 heteroatoms. The number of benzene rings is 1. The summed E-state index contributed by atoms with van der Waals surface area (Å²) < 4.78 is 47.8. The van der Waals surface area contributed by atoms with E-state index in [0.29, 0.717) is 24.5 Å². The van der Waals surface area contributed by atoms with Crippen LogP contribution >= 0.6 is 0 Å². The minimum Gasteiger partial charge on any atom is -0.497 e. The topological polar surface area (TPSA) is 30.5 Å². The Hall–Kier alpha value is -1.43. The Labute approximate surface area is 116 Å². The van der Waals surface area contributed by atoms with Crippen molar-refractivity contribution in [3.63, 3.8) is 0 Å². The summed E-state index contributed by atoms with van der Waals surface area (Å²) in [5, 5.41) is 3.03. The molecule has 112 valence electrons. The molecule has 2 atom stereocenters. The molecule has 0 aromatic heterocycles. The highest BCUT2D eigenvalue weighted by molar-refractivity contribution is 5.43. The van der Waals surface area contributed by atoms with Crippen LogP contribution in [0.1, 0.15) is 31.4 Å². The van der Waals surface area contributed by atoms with E-state index >= 15 is 0 Å². The van der Waals surface area contributed by atoms with Crippen LogP contribution in [0.3, 0.4) is 0 Å². The lowest BCUT2D eigenvalue weighted by Crippen LogP contribution is -2.36. The van der Waals surface area contributed by atoms with Gasteiger partial charge in [0.15, 0.2) is 0 Å². The molecule has 1 aliphatic heterocycles. The zero-order valence-corrected chi connectivity index (χ0v) is 11.5. The third-order valence-electron chi connectivity index (χ3n) is 3.28. The molecule has 0 radical (unpaired) electrons. The Balaban J connectivity index is 2.11. The van der Waals surface area contributed by atoms with Gasteiger partial charge < -0.3 is 14.8 Å². The molecule has 0 spiro atoms. The molecule has 1 heterocycles. The second kappa shape index (κ2) is 5.91. The zero-order valence-electron chi connectivity index (χ0n) is 11.5. The first-order valence-electron chi connectivity index (χ1n) is 6.52. The summed E-state index contributed by atoms with van der Waals surface area (Å²) in [6.45, 7) is 2.04. The van der Waals surface area contributed by atoms with Crippen LogP contribution in [0.25, 0.3) is 0 Å². The predicted octanol–water partition coefficient (Wildman–Crippen LogP) is 3.45. The van der Waals surface area contributed by atoms with Crippen molar-refractivity contribution in [2.45, 2.75) is 38.0 Å². The van der Waals surface area contributed by atoms with Gasteiger partial charge in [0.05, 0.1) is 20.1 Å². The third-order valence-corrected chi connectivity index (χ3v) is 3.28. The number of ether oxygens (including phenoxy) is 2. The number of halogens is 3. The number of hydrogen-bond acceptors (Lipinski definition) is 3. The highest BCUT2D eigenvalue weighted by Crippen LogP contribution is 2.35. The first-order valence-corrected chi connectivity index (χ1v) is 6.52. The highest BCUT2D eigenvalue weighted by Gasteiger charge is 2.32. The summed E-state index contributed by atoms with van der Waals surface area (Å²) in [6, 6.07) is 4.59. The van der Waals surface area contributed by atoms with Crippen LogP contribution < -0.4 is 14.8 Å². The summed E-state index contributed by atoms with van der Waals surface area (Å²) in [7, 11) is 1.56. The van der Waals surface area contributed by atoms with Crippen molar-refractivity contribution in [1.29, 1.82) is 0 Å². The average molecular weight is 289 g/mol. The van der Waals surface area contributed by atoms with Crippen molar-refractivity contribution in [3.05, 3.63) is 23.8 Å². The summed E-state index contributed by atoms with van der Waals surface area (Å²) in [4.78, 5) is 0. The first kappa shape index (κ1) is 15.0. The van der Waals surface area contributed by atoms with Gasteiger partial charge in [-0.1, -0.05) is 0 Å². The molecule has 1 aromatic rings. The second-order valence-corrected chi connectivity index (χ2v) is 4.98. The Kier molecular flexibility index (Phi) is 4.42. The fourth-order valence-electron chi connectivity index (χ4n) is 2.42. The van der Waals surface area contributed by atoms with Crippen molar-refractivity contribution in [2.75, 3.05) is 13.7 Å². The quantitative estimate of drug-likeness (QED) is 0.921. The number of hydrogen-bond donors (Lipinski definition) is 1. The van der Waals surface area contributed by atoms with Gasteiger partial charge in [0.25, 0.3) is 0 Å². The minimum absolute atomic E-state index is 0.147. The van der Waals surface area contributed by atoms with Crippen LogP contribution in [0, 0.1) is 0 Å². The number of alkyl halides is 3. The molecule has 1 aliphatic rings. The van der Waals surface area contributed by atoms with Crippen LogP contribution in [-0.4, -0.2) is 25.9 Å². The predicted molar refractivity (Wildman–Crippen MR) is 69.1 cm³/mol. The smallest absolute Gasteiger partial charge is 0.390 e. The summed E-state index contributed by atoms with van der Waals surface area (Å²) in [6.07, 6.45) is -4.36. The van der Waals surface area contributed by atoms with Crippen LogP contribution in [0.15, 0.2) is 18.2 Å². The van der Waals surface area contributed by atoms with Gasteiger partial charge in [-0.25, -0.2) is 0 Å². The SMILES string of the molecule is COc1ccc2c(c1)C(NC(C)CC(F)(F)F)CCO2. The molecule has 0 amide bonds. The molecule has 0 aliphatic carbocycles. The average Bonchev–Trinajstić information content (AvgIpc) is 2.36. The number of nitrogens with one attached hydrogen (secondary N) is 1. The lowest BCUT2D eigenvalue weighted by Gasteiger charge is -2.30. The van der Waals surface area contributed by atoms with Gasteiger partial charge in [-0.3, -0.25) is 0 Å². The second-order valence-electron chi connectivity index (χ2n) is 4.98. The third kappa shape index (κ3) is 3.79. The maximum Gasteiger partial charge on any atom is 0.390 e. The van der Waals surface area contributed by atoms with Crippen LogP contribution in [0.2, 0.25) is 0 Å². The monoisotopic (exact) mass is 289 g/mol. The summed E-state index contributed by atoms with van der Waals surface area (Å²) >= 11 is 0. The van der Waals surface area contributed by atoms with E-state index in [9.17, 15) is 13.2 Å². The molecule has 1 aromatic carbocycles. The van der Waals surface area contributed by atoms with E-state index in [-0.39, 0.29) is 6.04 Å². The van der Waals surface area contributed by atoms with Gasteiger partial charge in [0, 0.05) is 24.1 Å². The van der Waals surface area contributed by atoms with Gasteiger partial charge in [-0.15, -0.1) is 0 Å².